The van der Waals surface area contributed by atoms with Crippen molar-refractivity contribution in [2.75, 3.05) is 6.61 Å². The van der Waals surface area contributed by atoms with E-state index in [1.807, 2.05) is 11.8 Å². The quantitative estimate of drug-likeness (QED) is 0.766. The molecule has 1 N–H and O–H groups in total. The Morgan fingerprint density at radius 3 is 2.81 bits per heavy atom. The molecule has 0 saturated carbocycles. The van der Waals surface area contributed by atoms with E-state index in [0.717, 1.165) is 24.6 Å². The van der Waals surface area contributed by atoms with E-state index in [4.69, 9.17) is 9.73 Å². The number of hydrogen-bond donors (Lipinski definition) is 1. The number of thioether (sulfide) groups is 1. The van der Waals surface area contributed by atoms with Crippen LogP contribution in [0.15, 0.2) is 4.99 Å². The van der Waals surface area contributed by atoms with Gasteiger partial charge in [-0.1, -0.05) is 18.7 Å². The zero-order valence-corrected chi connectivity index (χ0v) is 11.2. The van der Waals surface area contributed by atoms with Gasteiger partial charge < -0.3 is 10.1 Å². The second kappa shape index (κ2) is 5.41. The van der Waals surface area contributed by atoms with Crippen LogP contribution in [0.5, 0.6) is 0 Å². The molecule has 2 aliphatic heterocycles. The third-order valence-corrected chi connectivity index (χ3v) is 4.17. The van der Waals surface area contributed by atoms with E-state index >= 15 is 0 Å². The minimum absolute atomic E-state index is 0.367. The number of amidine groups is 1. The Labute approximate surface area is 102 Å². The molecule has 4 unspecified atom stereocenters. The minimum Gasteiger partial charge on any atom is -0.378 e. The molecule has 2 heterocycles. The average Bonchev–Trinajstić information content (AvgIpc) is 2.15. The van der Waals surface area contributed by atoms with Gasteiger partial charge in [-0.05, 0) is 33.1 Å². The second-order valence-corrected chi connectivity index (χ2v) is 6.43. The summed E-state index contributed by atoms with van der Waals surface area (Å²) >= 11 is 1.88. The van der Waals surface area contributed by atoms with Gasteiger partial charge >= 0.3 is 0 Å². The number of nitrogens with zero attached hydrogens (tertiary/aromatic N) is 1. The SMILES string of the molecule is CC1CC(C)SC(=NC2CCOC(C)C2)N1. The van der Waals surface area contributed by atoms with Crippen LogP contribution in [0.4, 0.5) is 0 Å². The van der Waals surface area contributed by atoms with Crippen LogP contribution in [-0.4, -0.2) is 35.2 Å². The molecule has 0 bridgehead atoms. The lowest BCUT2D eigenvalue weighted by Gasteiger charge is -2.30. The van der Waals surface area contributed by atoms with Gasteiger partial charge in [-0.3, -0.25) is 4.99 Å². The number of rotatable bonds is 1. The van der Waals surface area contributed by atoms with Gasteiger partial charge in [0.1, 0.15) is 0 Å². The molecule has 0 aromatic carbocycles. The third kappa shape index (κ3) is 3.39. The Hall–Kier alpha value is -0.220. The highest BCUT2D eigenvalue weighted by Crippen LogP contribution is 2.24. The third-order valence-electron chi connectivity index (χ3n) is 3.13. The van der Waals surface area contributed by atoms with Crippen molar-refractivity contribution in [1.82, 2.24) is 5.32 Å². The molecule has 92 valence electrons. The molecule has 3 nitrogen and oxygen atoms in total. The smallest absolute Gasteiger partial charge is 0.157 e. The lowest BCUT2D eigenvalue weighted by molar-refractivity contribution is 0.0204. The average molecular weight is 242 g/mol. The van der Waals surface area contributed by atoms with E-state index < -0.39 is 0 Å². The highest BCUT2D eigenvalue weighted by Gasteiger charge is 2.23. The van der Waals surface area contributed by atoms with Crippen molar-refractivity contribution in [2.45, 2.75) is 63.5 Å². The lowest BCUT2D eigenvalue weighted by atomic mass is 10.1. The normalized spacial score (nSPS) is 43.1. The van der Waals surface area contributed by atoms with E-state index in [1.165, 1.54) is 6.42 Å². The molecule has 4 atom stereocenters. The standard InChI is InChI=1S/C12H22N2OS/c1-8-6-10(3)16-12(13-8)14-11-4-5-15-9(2)7-11/h8-11H,4-7H2,1-3H3,(H,13,14). The van der Waals surface area contributed by atoms with E-state index in [9.17, 15) is 0 Å². The first kappa shape index (κ1) is 12.2. The number of hydrogen-bond acceptors (Lipinski definition) is 3. The van der Waals surface area contributed by atoms with Crippen LogP contribution >= 0.6 is 11.8 Å². The fraction of sp³-hybridized carbons (Fsp3) is 0.917. The van der Waals surface area contributed by atoms with Crippen LogP contribution in [0.3, 0.4) is 0 Å². The van der Waals surface area contributed by atoms with Crippen molar-refractivity contribution in [3.05, 3.63) is 0 Å². The maximum absolute atomic E-state index is 5.54. The Balaban J connectivity index is 1.94. The molecule has 2 aliphatic rings. The summed E-state index contributed by atoms with van der Waals surface area (Å²) in [5.41, 5.74) is 0. The number of ether oxygens (including phenoxy) is 1. The molecular weight excluding hydrogens is 220 g/mol. The summed E-state index contributed by atoms with van der Waals surface area (Å²) in [6, 6.07) is 1.02. The lowest BCUT2D eigenvalue weighted by Crippen LogP contribution is -2.39. The Kier molecular flexibility index (Phi) is 4.14. The predicted molar refractivity (Wildman–Crippen MR) is 70.1 cm³/mol. The molecule has 2 saturated heterocycles. The second-order valence-electron chi connectivity index (χ2n) is 5.00. The monoisotopic (exact) mass is 242 g/mol. The maximum atomic E-state index is 5.54. The van der Waals surface area contributed by atoms with E-state index in [-0.39, 0.29) is 0 Å². The van der Waals surface area contributed by atoms with Crippen molar-refractivity contribution < 1.29 is 4.74 Å². The van der Waals surface area contributed by atoms with Gasteiger partial charge in [0.15, 0.2) is 5.17 Å². The summed E-state index contributed by atoms with van der Waals surface area (Å²) in [5, 5.41) is 5.31. The molecule has 4 heteroatoms. The van der Waals surface area contributed by atoms with Gasteiger partial charge in [-0.25, -0.2) is 0 Å². The molecule has 0 aliphatic carbocycles. The van der Waals surface area contributed by atoms with Crippen molar-refractivity contribution in [3.63, 3.8) is 0 Å². The highest BCUT2D eigenvalue weighted by molar-refractivity contribution is 8.14. The van der Waals surface area contributed by atoms with Crippen LogP contribution in [0.2, 0.25) is 0 Å². The number of nitrogens with one attached hydrogen (secondary N) is 1. The molecular formula is C12H22N2OS. The summed E-state index contributed by atoms with van der Waals surface area (Å²) in [4.78, 5) is 4.83. The van der Waals surface area contributed by atoms with Crippen LogP contribution in [-0.2, 0) is 4.74 Å². The Morgan fingerprint density at radius 2 is 2.12 bits per heavy atom. The fourth-order valence-electron chi connectivity index (χ4n) is 2.37. The van der Waals surface area contributed by atoms with Crippen molar-refractivity contribution in [2.24, 2.45) is 4.99 Å². The summed E-state index contributed by atoms with van der Waals surface area (Å²) in [5.74, 6) is 0. The Morgan fingerprint density at radius 1 is 1.31 bits per heavy atom. The van der Waals surface area contributed by atoms with Crippen molar-refractivity contribution in [1.29, 1.82) is 0 Å². The van der Waals surface area contributed by atoms with Gasteiger partial charge in [0, 0.05) is 17.9 Å². The summed E-state index contributed by atoms with van der Waals surface area (Å²) in [7, 11) is 0. The molecule has 2 fully saturated rings. The van der Waals surface area contributed by atoms with Crippen LogP contribution in [0.1, 0.15) is 40.0 Å². The summed E-state index contributed by atoms with van der Waals surface area (Å²) in [6.45, 7) is 7.51. The molecule has 0 radical (unpaired) electrons. The minimum atomic E-state index is 0.367. The first-order valence-corrected chi connectivity index (χ1v) is 7.14. The van der Waals surface area contributed by atoms with Crippen LogP contribution in [0, 0.1) is 0 Å². The Bertz CT molecular complexity index is 258. The van der Waals surface area contributed by atoms with Gasteiger partial charge in [0.25, 0.3) is 0 Å². The predicted octanol–water partition coefficient (Wildman–Crippen LogP) is 2.41. The molecule has 0 aromatic heterocycles. The van der Waals surface area contributed by atoms with Gasteiger partial charge in [0.05, 0.1) is 12.1 Å². The molecule has 16 heavy (non-hydrogen) atoms. The van der Waals surface area contributed by atoms with E-state index in [0.29, 0.717) is 23.4 Å². The first-order valence-electron chi connectivity index (χ1n) is 6.26. The van der Waals surface area contributed by atoms with E-state index in [1.54, 1.807) is 0 Å². The molecule has 2 rings (SSSR count). The maximum Gasteiger partial charge on any atom is 0.157 e. The molecule has 0 aromatic rings. The van der Waals surface area contributed by atoms with Gasteiger partial charge in [-0.2, -0.15) is 0 Å². The summed E-state index contributed by atoms with van der Waals surface area (Å²) in [6.07, 6.45) is 3.73. The van der Waals surface area contributed by atoms with Gasteiger partial charge in [0.2, 0.25) is 0 Å². The fourth-order valence-corrected chi connectivity index (χ4v) is 3.61. The number of aliphatic imine (C=N–C) groups is 1. The van der Waals surface area contributed by atoms with Gasteiger partial charge in [-0.15, -0.1) is 0 Å². The van der Waals surface area contributed by atoms with Crippen molar-refractivity contribution >= 4 is 16.9 Å². The topological polar surface area (TPSA) is 33.6 Å². The molecule has 0 spiro atoms. The van der Waals surface area contributed by atoms with Crippen LogP contribution in [0.25, 0.3) is 0 Å². The first-order chi connectivity index (χ1) is 7.63. The van der Waals surface area contributed by atoms with E-state index in [2.05, 4.69) is 26.1 Å². The zero-order chi connectivity index (χ0) is 11.5. The molecule has 0 amide bonds. The summed E-state index contributed by atoms with van der Waals surface area (Å²) < 4.78 is 5.54. The highest BCUT2D eigenvalue weighted by atomic mass is 32.2. The van der Waals surface area contributed by atoms with Crippen molar-refractivity contribution in [3.8, 4) is 0 Å². The zero-order valence-electron chi connectivity index (χ0n) is 10.4. The largest absolute Gasteiger partial charge is 0.378 e. The van der Waals surface area contributed by atoms with Crippen LogP contribution < -0.4 is 5.32 Å².